The second kappa shape index (κ2) is 9.78. The molecular formula is C24H25N3O3S. The van der Waals surface area contributed by atoms with Gasteiger partial charge in [-0.05, 0) is 50.0 Å². The Kier molecular flexibility index (Phi) is 7.12. The van der Waals surface area contributed by atoms with Gasteiger partial charge in [0.2, 0.25) is 0 Å². The Balaban J connectivity index is 0.000000628. The van der Waals surface area contributed by atoms with Crippen LogP contribution in [0.5, 0.6) is 0 Å². The summed E-state index contributed by atoms with van der Waals surface area (Å²) in [5, 5.41) is 15.2. The minimum Gasteiger partial charge on any atom is -0.368 e. The molecule has 0 radical (unpaired) electrons. The molecule has 2 heterocycles. The lowest BCUT2D eigenvalue weighted by Crippen LogP contribution is -2.03. The van der Waals surface area contributed by atoms with E-state index < -0.39 is 6.29 Å². The van der Waals surface area contributed by atoms with E-state index in [1.54, 1.807) is 18.5 Å². The molecule has 0 fully saturated rings. The highest BCUT2D eigenvalue weighted by Crippen LogP contribution is 2.29. The van der Waals surface area contributed by atoms with Crippen LogP contribution >= 0.6 is 11.5 Å². The summed E-state index contributed by atoms with van der Waals surface area (Å²) in [6.07, 6.45) is 2.94. The standard InChI is InChI=1S/C22H19N3OS.C2H6O2/c1-14-6-4-7-16(12-14)10-11-19-20-22(27-25(20)3)24-21(23-19)18-9-5-8-17(13-18)15(2)26;1-2(3)4/h4-13H,1-3H3;2-4H,1H3. The second-order valence-electron chi connectivity index (χ2n) is 7.19. The lowest BCUT2D eigenvalue weighted by molar-refractivity contribution is -0.0228. The zero-order valence-electron chi connectivity index (χ0n) is 17.9. The van der Waals surface area contributed by atoms with Gasteiger partial charge in [-0.2, -0.15) is 0 Å². The molecule has 0 aliphatic carbocycles. The number of nitrogens with zero attached hydrogens (tertiary/aromatic N) is 3. The van der Waals surface area contributed by atoms with E-state index in [1.807, 2.05) is 43.5 Å². The maximum absolute atomic E-state index is 11.7. The molecule has 4 aromatic rings. The van der Waals surface area contributed by atoms with E-state index in [9.17, 15) is 4.79 Å². The third-order valence-electron chi connectivity index (χ3n) is 4.42. The summed E-state index contributed by atoms with van der Waals surface area (Å²) in [5.74, 6) is 0.677. The number of benzene rings is 2. The van der Waals surface area contributed by atoms with Crippen LogP contribution in [0.25, 0.3) is 33.9 Å². The molecule has 0 unspecified atom stereocenters. The van der Waals surface area contributed by atoms with Gasteiger partial charge in [0, 0.05) is 18.2 Å². The van der Waals surface area contributed by atoms with Crippen molar-refractivity contribution >= 4 is 39.8 Å². The van der Waals surface area contributed by atoms with E-state index in [0.29, 0.717) is 11.4 Å². The monoisotopic (exact) mass is 435 g/mol. The zero-order valence-corrected chi connectivity index (χ0v) is 18.7. The summed E-state index contributed by atoms with van der Waals surface area (Å²) in [7, 11) is 2.01. The van der Waals surface area contributed by atoms with Gasteiger partial charge in [0.05, 0.1) is 5.69 Å². The van der Waals surface area contributed by atoms with Gasteiger partial charge >= 0.3 is 0 Å². The second-order valence-corrected chi connectivity index (χ2v) is 8.31. The van der Waals surface area contributed by atoms with Crippen LogP contribution in [0.1, 0.15) is 41.0 Å². The molecule has 0 saturated carbocycles. The largest absolute Gasteiger partial charge is 0.368 e. The van der Waals surface area contributed by atoms with Gasteiger partial charge in [0.1, 0.15) is 11.8 Å². The Labute approximate surface area is 185 Å². The summed E-state index contributed by atoms with van der Waals surface area (Å²) in [4.78, 5) is 22.1. The highest BCUT2D eigenvalue weighted by Gasteiger charge is 2.14. The topological polar surface area (TPSA) is 88.2 Å². The lowest BCUT2D eigenvalue weighted by Gasteiger charge is -2.13. The first kappa shape index (κ1) is 22.6. The van der Waals surface area contributed by atoms with Crippen LogP contribution in [0.2, 0.25) is 0 Å². The average Bonchev–Trinajstić information content (AvgIpc) is 2.70. The van der Waals surface area contributed by atoms with Crippen molar-refractivity contribution in [2.24, 2.45) is 7.05 Å². The molecule has 160 valence electrons. The van der Waals surface area contributed by atoms with Crippen LogP contribution in [0, 0.1) is 6.92 Å². The van der Waals surface area contributed by atoms with Crippen molar-refractivity contribution in [2.75, 3.05) is 0 Å². The van der Waals surface area contributed by atoms with Crippen molar-refractivity contribution < 1.29 is 15.0 Å². The van der Waals surface area contributed by atoms with Gasteiger partial charge in [0.25, 0.3) is 0 Å². The molecule has 2 N–H and O–H groups in total. The number of hydrogen-bond acceptors (Lipinski definition) is 6. The molecule has 31 heavy (non-hydrogen) atoms. The lowest BCUT2D eigenvalue weighted by atomic mass is 10.1. The molecule has 6 nitrogen and oxygen atoms in total. The normalized spacial score (nSPS) is 11.2. The Bertz CT molecular complexity index is 1240. The summed E-state index contributed by atoms with van der Waals surface area (Å²) >= 11 is 1.59. The number of ketones is 1. The predicted octanol–water partition coefficient (Wildman–Crippen LogP) is 4.70. The van der Waals surface area contributed by atoms with Crippen LogP contribution in [-0.4, -0.2) is 36.2 Å². The van der Waals surface area contributed by atoms with Crippen LogP contribution in [0.15, 0.2) is 48.5 Å². The molecule has 2 aromatic carbocycles. The molecule has 0 saturated heterocycles. The summed E-state index contributed by atoms with van der Waals surface area (Å²) in [5.41, 5.74) is 5.80. The molecule has 0 aliphatic rings. The summed E-state index contributed by atoms with van der Waals surface area (Å²) in [6.45, 7) is 4.93. The minimum atomic E-state index is -1.17. The number of aromatic nitrogens is 3. The number of aryl methyl sites for hydroxylation is 2. The maximum atomic E-state index is 11.7. The first-order valence-corrected chi connectivity index (χ1v) is 10.6. The summed E-state index contributed by atoms with van der Waals surface area (Å²) in [6, 6.07) is 15.8. The number of carbonyl (C=O) groups excluding carboxylic acids is 1. The van der Waals surface area contributed by atoms with Crippen molar-refractivity contribution in [2.45, 2.75) is 27.1 Å². The fourth-order valence-corrected chi connectivity index (χ4v) is 3.87. The number of fused-ring (bicyclic) bond motifs is 1. The Morgan fingerprint density at radius 2 is 1.81 bits per heavy atom. The molecule has 0 aliphatic heterocycles. The van der Waals surface area contributed by atoms with Crippen LogP contribution in [0.3, 0.4) is 0 Å². The smallest absolute Gasteiger partial charge is 0.161 e. The minimum absolute atomic E-state index is 0.0365. The first-order valence-electron chi connectivity index (χ1n) is 9.80. The van der Waals surface area contributed by atoms with Crippen molar-refractivity contribution in [3.8, 4) is 11.4 Å². The Hall–Kier alpha value is -3.13. The molecule has 0 bridgehead atoms. The van der Waals surface area contributed by atoms with Crippen LogP contribution < -0.4 is 0 Å². The van der Waals surface area contributed by atoms with Crippen molar-refractivity contribution in [3.63, 3.8) is 0 Å². The highest BCUT2D eigenvalue weighted by atomic mass is 32.1. The van der Waals surface area contributed by atoms with E-state index in [4.69, 9.17) is 15.2 Å². The molecule has 2 aromatic heterocycles. The van der Waals surface area contributed by atoms with Gasteiger partial charge < -0.3 is 10.2 Å². The first-order chi connectivity index (χ1) is 14.7. The summed E-state index contributed by atoms with van der Waals surface area (Å²) < 4.78 is 2.07. The molecular weight excluding hydrogens is 410 g/mol. The zero-order chi connectivity index (χ0) is 22.5. The fourth-order valence-electron chi connectivity index (χ4n) is 3.02. The number of aliphatic hydroxyl groups is 2. The van der Waals surface area contributed by atoms with Gasteiger partial charge in [-0.15, -0.1) is 0 Å². The number of rotatable bonds is 4. The molecule has 0 amide bonds. The van der Waals surface area contributed by atoms with E-state index in [-0.39, 0.29) is 5.78 Å². The van der Waals surface area contributed by atoms with Crippen LogP contribution in [-0.2, 0) is 7.05 Å². The Morgan fingerprint density at radius 1 is 1.10 bits per heavy atom. The van der Waals surface area contributed by atoms with Crippen LogP contribution in [0.4, 0.5) is 0 Å². The molecule has 0 atom stereocenters. The quantitative estimate of drug-likeness (QED) is 0.358. The van der Waals surface area contributed by atoms with Gasteiger partial charge in [0.15, 0.2) is 16.4 Å². The number of Topliss-reactive ketones (excluding diaryl/α,β-unsaturated/α-hetero) is 1. The number of aliphatic hydroxyl groups excluding tert-OH is 1. The number of hydrogen-bond donors (Lipinski definition) is 2. The fraction of sp³-hybridized carbons (Fsp3) is 0.208. The Morgan fingerprint density at radius 3 is 2.45 bits per heavy atom. The molecule has 7 heteroatoms. The van der Waals surface area contributed by atoms with Crippen molar-refractivity contribution in [1.82, 2.24) is 13.9 Å². The van der Waals surface area contributed by atoms with E-state index in [0.717, 1.165) is 27.2 Å². The molecule has 0 spiro atoms. The average molecular weight is 436 g/mol. The van der Waals surface area contributed by atoms with Gasteiger partial charge in [-0.3, -0.25) is 8.75 Å². The van der Waals surface area contributed by atoms with E-state index in [2.05, 4.69) is 40.1 Å². The predicted molar refractivity (Wildman–Crippen MR) is 126 cm³/mol. The van der Waals surface area contributed by atoms with Gasteiger partial charge in [-0.25, -0.2) is 9.97 Å². The third kappa shape index (κ3) is 5.73. The van der Waals surface area contributed by atoms with Crippen molar-refractivity contribution in [1.29, 1.82) is 0 Å². The van der Waals surface area contributed by atoms with E-state index >= 15 is 0 Å². The van der Waals surface area contributed by atoms with Gasteiger partial charge in [-0.1, -0.05) is 54.1 Å². The maximum Gasteiger partial charge on any atom is 0.161 e. The van der Waals surface area contributed by atoms with E-state index in [1.165, 1.54) is 12.5 Å². The van der Waals surface area contributed by atoms with Crippen molar-refractivity contribution in [3.05, 3.63) is 70.9 Å². The number of carbonyl (C=O) groups is 1. The highest BCUT2D eigenvalue weighted by molar-refractivity contribution is 7.15. The third-order valence-corrected chi connectivity index (χ3v) is 5.33. The SMILES string of the molecule is CC(=O)c1cccc(-c2nc(C=Cc3cccc(C)c3)c3c(n2)sn3C)c1.CC(O)O. The molecule has 4 rings (SSSR count).